The summed E-state index contributed by atoms with van der Waals surface area (Å²) in [6.45, 7) is 2.98. The number of hydrogen-bond acceptors (Lipinski definition) is 8. The normalized spacial score (nSPS) is 20.6. The fourth-order valence-corrected chi connectivity index (χ4v) is 4.99. The van der Waals surface area contributed by atoms with Gasteiger partial charge in [0.15, 0.2) is 0 Å². The van der Waals surface area contributed by atoms with Crippen molar-refractivity contribution in [2.75, 3.05) is 6.54 Å². The molecule has 10 nitrogen and oxygen atoms in total. The number of alkyl carbamates (subject to hydrolysis) is 1. The maximum absolute atomic E-state index is 13.7. The topological polar surface area (TPSA) is 149 Å². The maximum atomic E-state index is 13.7. The number of hydrogen-bond donors (Lipinski definition) is 3. The van der Waals surface area contributed by atoms with E-state index in [0.717, 1.165) is 42.4 Å². The molecule has 5 rings (SSSR count). The Morgan fingerprint density at radius 3 is 2.58 bits per heavy atom. The summed E-state index contributed by atoms with van der Waals surface area (Å²) in [6.07, 6.45) is 10.6. The Labute approximate surface area is 222 Å². The molecule has 1 aliphatic heterocycles. The van der Waals surface area contributed by atoms with Gasteiger partial charge in [-0.25, -0.2) is 19.8 Å². The predicted molar refractivity (Wildman–Crippen MR) is 145 cm³/mol. The van der Waals surface area contributed by atoms with Gasteiger partial charge in [0.25, 0.3) is 5.91 Å². The average molecular weight is 518 g/mol. The molecule has 1 aromatic heterocycles. The molecule has 2 fully saturated rings. The van der Waals surface area contributed by atoms with Crippen LogP contribution in [-0.2, 0) is 16.1 Å². The number of aliphatic imine (C=N–C) groups is 1. The summed E-state index contributed by atoms with van der Waals surface area (Å²) < 4.78 is 5.41. The molecular formula is C28H35N7O3. The summed E-state index contributed by atoms with van der Waals surface area (Å²) in [7, 11) is 0. The largest absolute Gasteiger partial charge is 0.446 e. The third kappa shape index (κ3) is 5.70. The Morgan fingerprint density at radius 1 is 1.16 bits per heavy atom. The van der Waals surface area contributed by atoms with Gasteiger partial charge in [0.2, 0.25) is 0 Å². The highest BCUT2D eigenvalue weighted by Crippen LogP contribution is 2.33. The molecule has 200 valence electrons. The second-order valence-corrected chi connectivity index (χ2v) is 10.2. The van der Waals surface area contributed by atoms with Crippen LogP contribution in [0.4, 0.5) is 10.5 Å². The van der Waals surface area contributed by atoms with E-state index in [2.05, 4.69) is 27.2 Å². The van der Waals surface area contributed by atoms with Crippen LogP contribution in [-0.4, -0.2) is 57.4 Å². The van der Waals surface area contributed by atoms with Gasteiger partial charge in [-0.1, -0.05) is 19.1 Å². The van der Waals surface area contributed by atoms with E-state index in [4.69, 9.17) is 16.2 Å². The van der Waals surface area contributed by atoms with Crippen molar-refractivity contribution in [2.45, 2.75) is 76.6 Å². The van der Waals surface area contributed by atoms with Crippen molar-refractivity contribution in [3.05, 3.63) is 47.6 Å². The minimum absolute atomic E-state index is 0.0246. The molecule has 3 aliphatic rings. The van der Waals surface area contributed by atoms with Crippen molar-refractivity contribution in [1.29, 1.82) is 0 Å². The van der Waals surface area contributed by atoms with Crippen LogP contribution >= 0.6 is 0 Å². The molecule has 2 heterocycles. The molecule has 1 aromatic carbocycles. The second kappa shape index (κ2) is 11.3. The van der Waals surface area contributed by atoms with Crippen LogP contribution in [0.15, 0.2) is 41.2 Å². The van der Waals surface area contributed by atoms with Crippen molar-refractivity contribution in [1.82, 2.24) is 20.2 Å². The molecule has 2 amide bonds. The number of fused-ring (bicyclic) bond motifs is 1. The predicted octanol–water partition coefficient (Wildman–Crippen LogP) is 3.43. The molecule has 0 saturated heterocycles. The first-order valence-corrected chi connectivity index (χ1v) is 13.4. The van der Waals surface area contributed by atoms with Gasteiger partial charge in [-0.05, 0) is 56.2 Å². The number of carbonyl (C=O) groups excluding carboxylic acids is 2. The summed E-state index contributed by atoms with van der Waals surface area (Å²) in [5.74, 6) is 0.933. The Kier molecular flexibility index (Phi) is 7.69. The van der Waals surface area contributed by atoms with Crippen LogP contribution in [0.1, 0.15) is 63.3 Å². The number of nitrogens with zero attached hydrogens (tertiary/aromatic N) is 4. The smallest absolute Gasteiger partial charge is 0.407 e. The molecule has 0 atom stereocenters. The third-order valence-electron chi connectivity index (χ3n) is 7.42. The van der Waals surface area contributed by atoms with Gasteiger partial charge in [-0.3, -0.25) is 4.79 Å². The third-order valence-corrected chi connectivity index (χ3v) is 7.42. The van der Waals surface area contributed by atoms with Crippen molar-refractivity contribution < 1.29 is 14.3 Å². The first-order chi connectivity index (χ1) is 18.4. The van der Waals surface area contributed by atoms with Gasteiger partial charge < -0.3 is 26.4 Å². The zero-order chi connectivity index (χ0) is 26.6. The van der Waals surface area contributed by atoms with E-state index in [-0.39, 0.29) is 43.2 Å². The van der Waals surface area contributed by atoms with Gasteiger partial charge in [-0.2, -0.15) is 0 Å². The van der Waals surface area contributed by atoms with Gasteiger partial charge >= 0.3 is 6.09 Å². The van der Waals surface area contributed by atoms with Gasteiger partial charge in [0.1, 0.15) is 17.8 Å². The van der Waals surface area contributed by atoms with Crippen molar-refractivity contribution >= 4 is 29.6 Å². The fourth-order valence-electron chi connectivity index (χ4n) is 4.99. The van der Waals surface area contributed by atoms with Crippen molar-refractivity contribution in [3.8, 4) is 11.1 Å². The minimum atomic E-state index is -0.347. The molecule has 2 aliphatic carbocycles. The Hall–Kier alpha value is -3.79. The van der Waals surface area contributed by atoms with E-state index in [1.54, 1.807) is 12.4 Å². The highest BCUT2D eigenvalue weighted by molar-refractivity contribution is 6.05. The number of amidine groups is 1. The zero-order valence-corrected chi connectivity index (χ0v) is 21.7. The number of carbonyl (C=O) groups is 2. The number of rotatable bonds is 8. The lowest BCUT2D eigenvalue weighted by Crippen LogP contribution is -2.56. The summed E-state index contributed by atoms with van der Waals surface area (Å²) in [5, 5.41) is 2.95. The van der Waals surface area contributed by atoms with Crippen LogP contribution in [0.2, 0.25) is 0 Å². The van der Waals surface area contributed by atoms with Gasteiger partial charge in [-0.15, -0.1) is 0 Å². The Morgan fingerprint density at radius 2 is 1.92 bits per heavy atom. The number of amides is 2. The minimum Gasteiger partial charge on any atom is -0.446 e. The Bertz CT molecular complexity index is 1250. The summed E-state index contributed by atoms with van der Waals surface area (Å²) in [5.41, 5.74) is 15.8. The quantitative estimate of drug-likeness (QED) is 0.486. The van der Waals surface area contributed by atoms with E-state index in [1.165, 1.54) is 0 Å². The van der Waals surface area contributed by atoms with E-state index < -0.39 is 0 Å². The van der Waals surface area contributed by atoms with Crippen LogP contribution in [0.25, 0.3) is 17.2 Å². The second-order valence-electron chi connectivity index (χ2n) is 10.2. The van der Waals surface area contributed by atoms with Crippen LogP contribution in [0, 0.1) is 0 Å². The maximum Gasteiger partial charge on any atom is 0.407 e. The monoisotopic (exact) mass is 517 g/mol. The lowest BCUT2D eigenvalue weighted by molar-refractivity contribution is -0.131. The molecule has 38 heavy (non-hydrogen) atoms. The van der Waals surface area contributed by atoms with E-state index in [1.807, 2.05) is 29.2 Å². The van der Waals surface area contributed by atoms with E-state index in [9.17, 15) is 9.59 Å². The fraction of sp³-hybridized carbons (Fsp3) is 0.464. The molecule has 0 radical (unpaired) electrons. The number of nitrogens with two attached hydrogens (primary N) is 2. The summed E-state index contributed by atoms with van der Waals surface area (Å²) >= 11 is 0. The lowest BCUT2D eigenvalue weighted by atomic mass is 9.84. The van der Waals surface area contributed by atoms with E-state index >= 15 is 0 Å². The molecule has 2 aromatic rings. The molecule has 0 bridgehead atoms. The zero-order valence-electron chi connectivity index (χ0n) is 21.7. The van der Waals surface area contributed by atoms with Crippen LogP contribution in [0.5, 0.6) is 0 Å². The van der Waals surface area contributed by atoms with Crippen LogP contribution < -0.4 is 16.8 Å². The lowest BCUT2D eigenvalue weighted by Gasteiger charge is -2.43. The molecule has 0 spiro atoms. The molecule has 0 unspecified atom stereocenters. The van der Waals surface area contributed by atoms with Gasteiger partial charge in [0, 0.05) is 54.1 Å². The van der Waals surface area contributed by atoms with Crippen LogP contribution in [0.3, 0.4) is 0 Å². The first kappa shape index (κ1) is 25.8. The summed E-state index contributed by atoms with van der Waals surface area (Å²) in [4.78, 5) is 40.9. The first-order valence-electron chi connectivity index (χ1n) is 13.4. The van der Waals surface area contributed by atoms with Crippen molar-refractivity contribution in [2.24, 2.45) is 16.5 Å². The number of nitrogens with one attached hydrogen (secondary N) is 1. The number of aromatic nitrogens is 2. The van der Waals surface area contributed by atoms with E-state index in [0.29, 0.717) is 42.3 Å². The standard InChI is InChI=1S/C28H35N7O3/c1-2-8-35(22-12-21(13-22)33-28(37)38-23-4-3-5-23)27(36)19-9-18-7-6-17(10-24(18)34-25(30)11-19)20-15-31-26(14-29)32-16-20/h6-7,9-10,15-16,21-23H,2-5,8,11-14,29H2,1H3,(H2,30,34)(H,33,37). The van der Waals surface area contributed by atoms with Crippen molar-refractivity contribution in [3.63, 3.8) is 0 Å². The molecule has 5 N–H and O–H groups in total. The average Bonchev–Trinajstić information content (AvgIpc) is 3.04. The molecular weight excluding hydrogens is 482 g/mol. The molecule has 10 heteroatoms. The number of ether oxygens (including phenoxy) is 1. The number of benzene rings is 1. The summed E-state index contributed by atoms with van der Waals surface area (Å²) in [6, 6.07) is 5.93. The molecule has 2 saturated carbocycles. The highest BCUT2D eigenvalue weighted by atomic mass is 16.6. The Balaban J connectivity index is 1.28. The van der Waals surface area contributed by atoms with Gasteiger partial charge in [0.05, 0.1) is 12.2 Å². The SMILES string of the molecule is CCCN(C(=O)C1=Cc2ccc(-c3cnc(CN)nc3)cc2N=C(N)C1)C1CC(NC(=O)OC2CCC2)C1. The highest BCUT2D eigenvalue weighted by Gasteiger charge is 2.38.